The van der Waals surface area contributed by atoms with Crippen LogP contribution in [0.1, 0.15) is 24.5 Å². The first-order valence-electron chi connectivity index (χ1n) is 7.55. The zero-order chi connectivity index (χ0) is 17.7. The number of benzene rings is 1. The molecule has 2 rings (SSSR count). The largest absolute Gasteiger partial charge is 0.408 e. The van der Waals surface area contributed by atoms with Crippen molar-refractivity contribution in [2.45, 2.75) is 31.2 Å². The summed E-state index contributed by atoms with van der Waals surface area (Å²) >= 11 is 0. The van der Waals surface area contributed by atoms with Crippen LogP contribution in [-0.4, -0.2) is 37.7 Å². The van der Waals surface area contributed by atoms with Gasteiger partial charge in [0.25, 0.3) is 0 Å². The highest BCUT2D eigenvalue weighted by atomic mass is 19.4. The smallest absolute Gasteiger partial charge is 0.375 e. The second-order valence-corrected chi connectivity index (χ2v) is 5.61. The Balaban J connectivity index is 1.90. The molecule has 24 heavy (non-hydrogen) atoms. The predicted octanol–water partition coefficient (Wildman–Crippen LogP) is 1.95. The lowest BCUT2D eigenvalue weighted by Crippen LogP contribution is -2.54. The van der Waals surface area contributed by atoms with Crippen molar-refractivity contribution in [1.82, 2.24) is 10.6 Å². The van der Waals surface area contributed by atoms with Gasteiger partial charge in [0, 0.05) is 13.7 Å². The first kappa shape index (κ1) is 18.3. The molecule has 5 nitrogen and oxygen atoms in total. The van der Waals surface area contributed by atoms with E-state index in [4.69, 9.17) is 4.74 Å². The maximum Gasteiger partial charge on any atom is 0.408 e. The number of nitrogens with one attached hydrogen (secondary N) is 2. The second kappa shape index (κ2) is 7.65. The fourth-order valence-electron chi connectivity index (χ4n) is 2.63. The quantitative estimate of drug-likeness (QED) is 0.803. The monoisotopic (exact) mass is 344 g/mol. The average Bonchev–Trinajstić information content (AvgIpc) is 2.55. The van der Waals surface area contributed by atoms with Gasteiger partial charge in [-0.15, -0.1) is 0 Å². The molecule has 1 fully saturated rings. The fraction of sp³-hybridized carbons (Fsp3) is 0.500. The molecular formula is C16H19F3N2O3. The Morgan fingerprint density at radius 2 is 2.00 bits per heavy atom. The van der Waals surface area contributed by atoms with E-state index in [1.165, 1.54) is 7.11 Å². The minimum absolute atomic E-state index is 0.131. The van der Waals surface area contributed by atoms with Gasteiger partial charge in [0.05, 0.1) is 6.10 Å². The summed E-state index contributed by atoms with van der Waals surface area (Å²) in [4.78, 5) is 23.9. The molecule has 0 aliphatic carbocycles. The van der Waals surface area contributed by atoms with Gasteiger partial charge in [-0.25, -0.2) is 0 Å². The highest BCUT2D eigenvalue weighted by Crippen LogP contribution is 2.28. The number of rotatable bonds is 5. The van der Waals surface area contributed by atoms with Gasteiger partial charge in [-0.05, 0) is 18.4 Å². The van der Waals surface area contributed by atoms with Crippen LogP contribution in [-0.2, 0) is 14.3 Å². The Morgan fingerprint density at radius 3 is 2.54 bits per heavy atom. The van der Waals surface area contributed by atoms with E-state index in [-0.39, 0.29) is 19.4 Å². The van der Waals surface area contributed by atoms with Crippen molar-refractivity contribution in [3.8, 4) is 0 Å². The van der Waals surface area contributed by atoms with Gasteiger partial charge in [0.2, 0.25) is 11.8 Å². The minimum atomic E-state index is -4.49. The van der Waals surface area contributed by atoms with Crippen molar-refractivity contribution in [2.24, 2.45) is 5.92 Å². The molecule has 0 unspecified atom stereocenters. The molecule has 0 saturated carbocycles. The molecule has 1 aliphatic heterocycles. The number of halogens is 3. The molecule has 8 heteroatoms. The molecule has 0 aromatic heterocycles. The van der Waals surface area contributed by atoms with Gasteiger partial charge in [-0.2, -0.15) is 13.2 Å². The van der Waals surface area contributed by atoms with Gasteiger partial charge in [0.1, 0.15) is 12.0 Å². The van der Waals surface area contributed by atoms with E-state index in [1.54, 1.807) is 0 Å². The summed E-state index contributed by atoms with van der Waals surface area (Å²) < 4.78 is 43.1. The van der Waals surface area contributed by atoms with Gasteiger partial charge in [-0.1, -0.05) is 30.3 Å². The first-order valence-corrected chi connectivity index (χ1v) is 7.55. The normalized spacial score (nSPS) is 22.6. The van der Waals surface area contributed by atoms with Crippen LogP contribution in [0.2, 0.25) is 0 Å². The van der Waals surface area contributed by atoms with Crippen LogP contribution >= 0.6 is 0 Å². The van der Waals surface area contributed by atoms with Crippen molar-refractivity contribution in [1.29, 1.82) is 0 Å². The van der Waals surface area contributed by atoms with Crippen molar-refractivity contribution < 1.29 is 27.5 Å². The number of methoxy groups -OCH3 is 1. The van der Waals surface area contributed by atoms with Crippen molar-refractivity contribution in [2.75, 3.05) is 13.7 Å². The molecule has 132 valence electrons. The molecule has 2 N–H and O–H groups in total. The van der Waals surface area contributed by atoms with Gasteiger partial charge < -0.3 is 15.4 Å². The Kier molecular flexibility index (Phi) is 5.82. The molecule has 0 spiro atoms. The van der Waals surface area contributed by atoms with E-state index >= 15 is 0 Å². The molecule has 2 amide bonds. The minimum Gasteiger partial charge on any atom is -0.375 e. The zero-order valence-electron chi connectivity index (χ0n) is 13.1. The average molecular weight is 344 g/mol. The standard InChI is InChI=1S/C16H19F3N2O3/c1-24-12(10-5-3-2-4-6-10)9-20-14(22)11-7-8-13(16(17,18)19)21-15(11)23/h2-6,11-13H,7-9H2,1H3,(H,20,22)(H,21,23)/t11-,12+,13+/m0/s1. The van der Waals surface area contributed by atoms with E-state index in [0.29, 0.717) is 0 Å². The number of carbonyl (C=O) groups is 2. The topological polar surface area (TPSA) is 67.4 Å². The maximum absolute atomic E-state index is 12.6. The molecular weight excluding hydrogens is 325 g/mol. The molecule has 1 heterocycles. The Hall–Kier alpha value is -2.09. The van der Waals surface area contributed by atoms with Crippen LogP contribution in [0.15, 0.2) is 30.3 Å². The van der Waals surface area contributed by atoms with E-state index in [2.05, 4.69) is 5.32 Å². The Morgan fingerprint density at radius 1 is 1.33 bits per heavy atom. The van der Waals surface area contributed by atoms with E-state index in [9.17, 15) is 22.8 Å². The third-order valence-corrected chi connectivity index (χ3v) is 4.01. The molecule has 1 aromatic rings. The summed E-state index contributed by atoms with van der Waals surface area (Å²) in [7, 11) is 1.49. The van der Waals surface area contributed by atoms with Gasteiger partial charge in [0.15, 0.2) is 0 Å². The highest BCUT2D eigenvalue weighted by molar-refractivity contribution is 6.00. The number of hydrogen-bond acceptors (Lipinski definition) is 3. The summed E-state index contributed by atoms with van der Waals surface area (Å²) in [6, 6.07) is 7.29. The Bertz CT molecular complexity index is 578. The van der Waals surface area contributed by atoms with E-state index in [1.807, 2.05) is 35.6 Å². The van der Waals surface area contributed by atoms with Crippen LogP contribution < -0.4 is 10.6 Å². The number of amides is 2. The number of carbonyl (C=O) groups excluding carboxylic acids is 2. The van der Waals surface area contributed by atoms with Crippen LogP contribution in [0.25, 0.3) is 0 Å². The third kappa shape index (κ3) is 4.47. The lowest BCUT2D eigenvalue weighted by molar-refractivity contribution is -0.171. The number of alkyl halides is 3. The highest BCUT2D eigenvalue weighted by Gasteiger charge is 2.45. The summed E-state index contributed by atoms with van der Waals surface area (Å²) in [5, 5.41) is 4.44. The predicted molar refractivity (Wildman–Crippen MR) is 79.9 cm³/mol. The lowest BCUT2D eigenvalue weighted by atomic mass is 9.92. The molecule has 1 aromatic carbocycles. The summed E-state index contributed by atoms with van der Waals surface area (Å²) in [5.74, 6) is -2.60. The molecule has 3 atom stereocenters. The van der Waals surface area contributed by atoms with Crippen LogP contribution in [0, 0.1) is 5.92 Å². The SMILES string of the molecule is CO[C@H](CNC(=O)[C@@H]1CC[C@H](C(F)(F)F)NC1=O)c1ccccc1. The Labute approximate surface area is 137 Å². The summed E-state index contributed by atoms with van der Waals surface area (Å²) in [6.45, 7) is 0.131. The number of ether oxygens (including phenoxy) is 1. The summed E-state index contributed by atoms with van der Waals surface area (Å²) in [6.07, 6.45) is -5.33. The fourth-order valence-corrected chi connectivity index (χ4v) is 2.63. The van der Waals surface area contributed by atoms with E-state index in [0.717, 1.165) is 5.56 Å². The van der Waals surface area contributed by atoms with Crippen LogP contribution in [0.4, 0.5) is 13.2 Å². The van der Waals surface area contributed by atoms with Gasteiger partial charge >= 0.3 is 6.18 Å². The number of hydrogen-bond donors (Lipinski definition) is 2. The van der Waals surface area contributed by atoms with Crippen LogP contribution in [0.3, 0.4) is 0 Å². The van der Waals surface area contributed by atoms with Crippen LogP contribution in [0.5, 0.6) is 0 Å². The second-order valence-electron chi connectivity index (χ2n) is 5.61. The van der Waals surface area contributed by atoms with Crippen molar-refractivity contribution >= 4 is 11.8 Å². The first-order chi connectivity index (χ1) is 11.3. The van der Waals surface area contributed by atoms with Gasteiger partial charge in [-0.3, -0.25) is 9.59 Å². The van der Waals surface area contributed by atoms with Crippen molar-refractivity contribution in [3.05, 3.63) is 35.9 Å². The molecule has 0 radical (unpaired) electrons. The molecule has 1 saturated heterocycles. The number of piperidine rings is 1. The molecule has 0 bridgehead atoms. The summed E-state index contributed by atoms with van der Waals surface area (Å²) in [5.41, 5.74) is 0.852. The maximum atomic E-state index is 12.6. The van der Waals surface area contributed by atoms with Crippen molar-refractivity contribution in [3.63, 3.8) is 0 Å². The zero-order valence-corrected chi connectivity index (χ0v) is 13.1. The van der Waals surface area contributed by atoms with E-state index < -0.39 is 36.1 Å². The third-order valence-electron chi connectivity index (χ3n) is 4.01. The lowest BCUT2D eigenvalue weighted by Gasteiger charge is -2.30. The molecule has 1 aliphatic rings.